The zero-order valence-electron chi connectivity index (χ0n) is 10.3. The van der Waals surface area contributed by atoms with Crippen molar-refractivity contribution in [3.8, 4) is 0 Å². The molecule has 19 heavy (non-hydrogen) atoms. The minimum atomic E-state index is -0.416. The number of aryl methyl sites for hydroxylation is 1. The number of aromatic nitrogens is 2. The Hall–Kier alpha value is -2.28. The first-order chi connectivity index (χ1) is 9.20. The van der Waals surface area contributed by atoms with Gasteiger partial charge in [0, 0.05) is 18.1 Å². The lowest BCUT2D eigenvalue weighted by Crippen LogP contribution is -2.00. The molecule has 0 radical (unpaired) electrons. The molecule has 0 spiro atoms. The quantitative estimate of drug-likeness (QED) is 0.623. The Labute approximate surface area is 109 Å². The fourth-order valence-corrected chi connectivity index (χ4v) is 1.72. The van der Waals surface area contributed by atoms with Crippen molar-refractivity contribution in [2.75, 3.05) is 6.54 Å². The van der Waals surface area contributed by atoms with E-state index in [1.807, 2.05) is 0 Å². The maximum Gasteiger partial charge on any atom is 0.273 e. The first kappa shape index (κ1) is 13.2. The summed E-state index contributed by atoms with van der Waals surface area (Å²) < 4.78 is 5.42. The largest absolute Gasteiger partial charge is 0.425 e. The monoisotopic (exact) mass is 262 g/mol. The molecular weight excluding hydrogens is 248 g/mol. The third kappa shape index (κ3) is 3.35. The van der Waals surface area contributed by atoms with Crippen LogP contribution in [0.2, 0.25) is 0 Å². The number of benzene rings is 1. The predicted octanol–water partition coefficient (Wildman–Crippen LogP) is 1.46. The molecule has 1 heterocycles. The molecule has 7 heteroatoms. The summed E-state index contributed by atoms with van der Waals surface area (Å²) in [6, 6.07) is 6.51. The summed E-state index contributed by atoms with van der Waals surface area (Å²) in [7, 11) is 0. The second-order valence-corrected chi connectivity index (χ2v) is 4.04. The Morgan fingerprint density at radius 3 is 2.74 bits per heavy atom. The number of rotatable bonds is 6. The smallest absolute Gasteiger partial charge is 0.273 e. The van der Waals surface area contributed by atoms with Crippen molar-refractivity contribution in [1.29, 1.82) is 0 Å². The fourth-order valence-electron chi connectivity index (χ4n) is 1.72. The molecule has 1 aromatic carbocycles. The second-order valence-electron chi connectivity index (χ2n) is 4.04. The highest BCUT2D eigenvalue weighted by Gasteiger charge is 2.15. The summed E-state index contributed by atoms with van der Waals surface area (Å²) in [5.74, 6) is 0.889. The summed E-state index contributed by atoms with van der Waals surface area (Å²) in [6.07, 6.45) is 1.65. The van der Waals surface area contributed by atoms with Crippen LogP contribution in [0.4, 0.5) is 5.69 Å². The van der Waals surface area contributed by atoms with Crippen molar-refractivity contribution in [3.63, 3.8) is 0 Å². The normalized spacial score (nSPS) is 10.6. The molecule has 0 aliphatic carbocycles. The van der Waals surface area contributed by atoms with Gasteiger partial charge in [-0.15, -0.1) is 10.2 Å². The average Bonchev–Trinajstić information content (AvgIpc) is 2.84. The summed E-state index contributed by atoms with van der Waals surface area (Å²) in [5, 5.41) is 18.7. The van der Waals surface area contributed by atoms with Gasteiger partial charge < -0.3 is 10.2 Å². The highest BCUT2D eigenvalue weighted by atomic mass is 16.6. The number of nitrogens with two attached hydrogens (primary N) is 1. The fraction of sp³-hybridized carbons (Fsp3) is 0.333. The minimum absolute atomic E-state index is 0.0595. The number of nitro groups is 1. The predicted molar refractivity (Wildman–Crippen MR) is 67.6 cm³/mol. The molecule has 100 valence electrons. The van der Waals surface area contributed by atoms with Gasteiger partial charge >= 0.3 is 0 Å². The molecule has 0 saturated heterocycles. The van der Waals surface area contributed by atoms with Crippen molar-refractivity contribution >= 4 is 5.69 Å². The topological polar surface area (TPSA) is 108 Å². The molecular formula is C12H14N4O3. The highest BCUT2D eigenvalue weighted by molar-refractivity contribution is 5.41. The molecule has 2 rings (SSSR count). The van der Waals surface area contributed by atoms with E-state index in [9.17, 15) is 10.1 Å². The van der Waals surface area contributed by atoms with E-state index in [2.05, 4.69) is 10.2 Å². The first-order valence-corrected chi connectivity index (χ1v) is 5.94. The number of nitrogens with zero attached hydrogens (tertiary/aromatic N) is 3. The molecule has 2 aromatic rings. The van der Waals surface area contributed by atoms with E-state index >= 15 is 0 Å². The molecule has 0 atom stereocenters. The van der Waals surface area contributed by atoms with Crippen LogP contribution in [-0.2, 0) is 12.8 Å². The molecule has 0 unspecified atom stereocenters. The van der Waals surface area contributed by atoms with E-state index < -0.39 is 4.92 Å². The van der Waals surface area contributed by atoms with E-state index in [1.54, 1.807) is 18.2 Å². The van der Waals surface area contributed by atoms with Gasteiger partial charge in [-0.1, -0.05) is 18.2 Å². The zero-order chi connectivity index (χ0) is 13.7. The van der Waals surface area contributed by atoms with E-state index in [4.69, 9.17) is 10.2 Å². The van der Waals surface area contributed by atoms with Gasteiger partial charge in [0.2, 0.25) is 11.8 Å². The Bertz CT molecular complexity index is 568. The molecule has 0 aliphatic heterocycles. The third-order valence-electron chi connectivity index (χ3n) is 2.63. The number of hydrogen-bond donors (Lipinski definition) is 1. The maximum absolute atomic E-state index is 10.9. The number of nitro benzene ring substituents is 1. The molecule has 1 aromatic heterocycles. The highest BCUT2D eigenvalue weighted by Crippen LogP contribution is 2.20. The number of para-hydroxylation sites is 1. The van der Waals surface area contributed by atoms with Crippen molar-refractivity contribution < 1.29 is 9.34 Å². The summed E-state index contributed by atoms with van der Waals surface area (Å²) in [4.78, 5) is 10.5. The van der Waals surface area contributed by atoms with E-state index in [-0.39, 0.29) is 12.1 Å². The lowest BCUT2D eigenvalue weighted by Gasteiger charge is -1.98. The molecule has 0 fully saturated rings. The molecule has 0 saturated carbocycles. The van der Waals surface area contributed by atoms with Crippen molar-refractivity contribution in [1.82, 2.24) is 10.2 Å². The summed E-state index contributed by atoms with van der Waals surface area (Å²) in [5.41, 5.74) is 6.01. The van der Waals surface area contributed by atoms with Crippen molar-refractivity contribution in [2.24, 2.45) is 5.73 Å². The molecule has 0 amide bonds. The van der Waals surface area contributed by atoms with Gasteiger partial charge in [0.1, 0.15) is 0 Å². The van der Waals surface area contributed by atoms with E-state index in [0.717, 1.165) is 6.42 Å². The van der Waals surface area contributed by atoms with Gasteiger partial charge in [-0.05, 0) is 13.0 Å². The van der Waals surface area contributed by atoms with Crippen LogP contribution in [0.5, 0.6) is 0 Å². The Morgan fingerprint density at radius 2 is 2.00 bits per heavy atom. The Kier molecular flexibility index (Phi) is 4.19. The Morgan fingerprint density at radius 1 is 1.26 bits per heavy atom. The van der Waals surface area contributed by atoms with Crippen LogP contribution in [0.25, 0.3) is 0 Å². The number of hydrogen-bond acceptors (Lipinski definition) is 6. The van der Waals surface area contributed by atoms with Gasteiger partial charge in [0.05, 0.1) is 11.3 Å². The van der Waals surface area contributed by atoms with Crippen LogP contribution < -0.4 is 5.73 Å². The lowest BCUT2D eigenvalue weighted by molar-refractivity contribution is -0.385. The van der Waals surface area contributed by atoms with E-state index in [1.165, 1.54) is 6.07 Å². The summed E-state index contributed by atoms with van der Waals surface area (Å²) in [6.45, 7) is 0.557. The van der Waals surface area contributed by atoms with Crippen molar-refractivity contribution in [3.05, 3.63) is 51.7 Å². The SMILES string of the molecule is NCCCc1nnc(Cc2ccccc2[N+](=O)[O-])o1. The van der Waals surface area contributed by atoms with E-state index in [0.29, 0.717) is 30.3 Å². The van der Waals surface area contributed by atoms with Crippen LogP contribution in [0, 0.1) is 10.1 Å². The zero-order valence-corrected chi connectivity index (χ0v) is 10.3. The van der Waals surface area contributed by atoms with Crippen LogP contribution in [0.15, 0.2) is 28.7 Å². The first-order valence-electron chi connectivity index (χ1n) is 5.94. The third-order valence-corrected chi connectivity index (χ3v) is 2.63. The standard InChI is InChI=1S/C12H14N4O3/c13-7-3-6-11-14-15-12(19-11)8-9-4-1-2-5-10(9)16(17)18/h1-2,4-5H,3,6-8,13H2. The lowest BCUT2D eigenvalue weighted by atomic mass is 10.1. The summed E-state index contributed by atoms with van der Waals surface area (Å²) >= 11 is 0. The van der Waals surface area contributed by atoms with Gasteiger partial charge in [-0.3, -0.25) is 10.1 Å². The maximum atomic E-state index is 10.9. The van der Waals surface area contributed by atoms with Crippen LogP contribution in [0.1, 0.15) is 23.8 Å². The van der Waals surface area contributed by atoms with Crippen LogP contribution in [0.3, 0.4) is 0 Å². The molecule has 7 nitrogen and oxygen atoms in total. The van der Waals surface area contributed by atoms with Gasteiger partial charge in [-0.2, -0.15) is 0 Å². The minimum Gasteiger partial charge on any atom is -0.425 e. The van der Waals surface area contributed by atoms with Gasteiger partial charge in [-0.25, -0.2) is 0 Å². The second kappa shape index (κ2) is 6.05. The molecule has 0 aliphatic rings. The molecule has 2 N–H and O–H groups in total. The van der Waals surface area contributed by atoms with Crippen LogP contribution >= 0.6 is 0 Å². The Balaban J connectivity index is 2.13. The van der Waals surface area contributed by atoms with Gasteiger partial charge in [0.25, 0.3) is 5.69 Å². The van der Waals surface area contributed by atoms with Crippen molar-refractivity contribution in [2.45, 2.75) is 19.3 Å². The molecule has 0 bridgehead atoms. The van der Waals surface area contributed by atoms with Gasteiger partial charge in [0.15, 0.2) is 0 Å². The average molecular weight is 262 g/mol. The van der Waals surface area contributed by atoms with Crippen LogP contribution in [-0.4, -0.2) is 21.7 Å².